The second-order valence-electron chi connectivity index (χ2n) is 4.84. The van der Waals surface area contributed by atoms with Crippen LogP contribution in [0.1, 0.15) is 11.6 Å². The first-order valence-electron chi connectivity index (χ1n) is 6.84. The van der Waals surface area contributed by atoms with Crippen LogP contribution in [0.25, 0.3) is 0 Å². The third-order valence-electron chi connectivity index (χ3n) is 3.10. The van der Waals surface area contributed by atoms with E-state index in [1.54, 1.807) is 30.3 Å². The van der Waals surface area contributed by atoms with Crippen LogP contribution in [0, 0.1) is 0 Å². The van der Waals surface area contributed by atoms with Gasteiger partial charge in [-0.1, -0.05) is 30.3 Å². The zero-order valence-electron chi connectivity index (χ0n) is 12.3. The maximum atomic E-state index is 12.3. The summed E-state index contributed by atoms with van der Waals surface area (Å²) in [6.07, 6.45) is -4.84. The number of rotatable bonds is 6. The lowest BCUT2D eigenvalue weighted by molar-refractivity contribution is -0.274. The molecule has 0 unspecified atom stereocenters. The molecule has 1 atom stereocenters. The van der Waals surface area contributed by atoms with Gasteiger partial charge in [0.05, 0.1) is 10.9 Å². The molecule has 0 aromatic heterocycles. The van der Waals surface area contributed by atoms with E-state index >= 15 is 0 Å². The van der Waals surface area contributed by atoms with E-state index in [2.05, 4.69) is 9.46 Å². The van der Waals surface area contributed by atoms with Crippen molar-refractivity contribution in [1.29, 1.82) is 0 Å². The van der Waals surface area contributed by atoms with Gasteiger partial charge in [0.1, 0.15) is 5.75 Å². The van der Waals surface area contributed by atoms with E-state index < -0.39 is 28.2 Å². The van der Waals surface area contributed by atoms with Gasteiger partial charge in [0.2, 0.25) is 10.0 Å². The molecule has 2 aromatic rings. The van der Waals surface area contributed by atoms with Crippen molar-refractivity contribution in [3.63, 3.8) is 0 Å². The molecule has 3 N–H and O–H groups in total. The number of hydrogen-bond acceptors (Lipinski definition) is 4. The van der Waals surface area contributed by atoms with Crippen LogP contribution in [0.5, 0.6) is 5.75 Å². The van der Waals surface area contributed by atoms with Crippen molar-refractivity contribution < 1.29 is 26.3 Å². The molecule has 0 aliphatic carbocycles. The Bertz CT molecular complexity index is 763. The van der Waals surface area contributed by atoms with E-state index in [-0.39, 0.29) is 11.4 Å². The molecule has 9 heteroatoms. The summed E-state index contributed by atoms with van der Waals surface area (Å²) in [5.74, 6) is -0.500. The molecule has 0 aliphatic rings. The minimum absolute atomic E-state index is 0.0263. The average molecular weight is 360 g/mol. The zero-order valence-corrected chi connectivity index (χ0v) is 13.1. The maximum absolute atomic E-state index is 12.3. The van der Waals surface area contributed by atoms with Gasteiger partial charge in [-0.25, -0.2) is 13.1 Å². The molecule has 0 fully saturated rings. The van der Waals surface area contributed by atoms with Crippen LogP contribution in [-0.4, -0.2) is 21.3 Å². The van der Waals surface area contributed by atoms with Crippen molar-refractivity contribution in [2.75, 3.05) is 6.54 Å². The fourth-order valence-electron chi connectivity index (χ4n) is 2.01. The second-order valence-corrected chi connectivity index (χ2v) is 6.55. The number of alkyl halides is 3. The SMILES string of the molecule is NC[C@H](NS(=O)(=O)c1ccc(OC(F)(F)F)cc1)c1ccccc1. The molecule has 0 saturated carbocycles. The fraction of sp³-hybridized carbons (Fsp3) is 0.200. The summed E-state index contributed by atoms with van der Waals surface area (Å²) in [7, 11) is -3.95. The highest BCUT2D eigenvalue weighted by molar-refractivity contribution is 7.89. The summed E-state index contributed by atoms with van der Waals surface area (Å²) in [5.41, 5.74) is 6.29. The summed E-state index contributed by atoms with van der Waals surface area (Å²) in [4.78, 5) is -0.189. The Balaban J connectivity index is 2.17. The predicted octanol–water partition coefficient (Wildman–Crippen LogP) is 2.56. The van der Waals surface area contributed by atoms with Gasteiger partial charge < -0.3 is 10.5 Å². The van der Waals surface area contributed by atoms with Crippen LogP contribution in [0.15, 0.2) is 59.5 Å². The molecule has 0 aliphatic heterocycles. The van der Waals surface area contributed by atoms with E-state index in [4.69, 9.17) is 5.73 Å². The summed E-state index contributed by atoms with van der Waals surface area (Å²) < 4.78 is 67.2. The Labute approximate surface area is 137 Å². The van der Waals surface area contributed by atoms with Gasteiger partial charge >= 0.3 is 6.36 Å². The lowest BCUT2D eigenvalue weighted by atomic mass is 10.1. The smallest absolute Gasteiger partial charge is 0.406 e. The Hall–Kier alpha value is -2.10. The Kier molecular flexibility index (Phi) is 5.47. The van der Waals surface area contributed by atoms with Crippen LogP contribution in [0.4, 0.5) is 13.2 Å². The average Bonchev–Trinajstić information content (AvgIpc) is 2.52. The molecule has 0 bridgehead atoms. The summed E-state index contributed by atoms with van der Waals surface area (Å²) in [6, 6.07) is 12.0. The van der Waals surface area contributed by atoms with E-state index in [1.807, 2.05) is 0 Å². The summed E-state index contributed by atoms with van der Waals surface area (Å²) >= 11 is 0. The number of ether oxygens (including phenoxy) is 1. The van der Waals surface area contributed by atoms with E-state index in [0.717, 1.165) is 24.3 Å². The number of sulfonamides is 1. The van der Waals surface area contributed by atoms with E-state index in [9.17, 15) is 21.6 Å². The van der Waals surface area contributed by atoms with Gasteiger partial charge in [0.25, 0.3) is 0 Å². The molecule has 24 heavy (non-hydrogen) atoms. The standard InChI is InChI=1S/C15H15F3N2O3S/c16-15(17,18)23-12-6-8-13(9-7-12)24(21,22)20-14(10-19)11-4-2-1-3-5-11/h1-9,14,20H,10,19H2/t14-/m0/s1. The Morgan fingerprint density at radius 3 is 2.12 bits per heavy atom. The molecule has 0 saturated heterocycles. The molecular weight excluding hydrogens is 345 g/mol. The maximum Gasteiger partial charge on any atom is 0.573 e. The lowest BCUT2D eigenvalue weighted by Gasteiger charge is -2.17. The van der Waals surface area contributed by atoms with Gasteiger partial charge in [-0.15, -0.1) is 13.2 Å². The zero-order chi connectivity index (χ0) is 17.8. The van der Waals surface area contributed by atoms with Crippen molar-refractivity contribution in [2.24, 2.45) is 5.73 Å². The second kappa shape index (κ2) is 7.20. The monoisotopic (exact) mass is 360 g/mol. The summed E-state index contributed by atoms with van der Waals surface area (Å²) in [6.45, 7) is 0.0263. The highest BCUT2D eigenvalue weighted by Crippen LogP contribution is 2.24. The first kappa shape index (κ1) is 18.2. The molecule has 0 heterocycles. The molecule has 5 nitrogen and oxygen atoms in total. The number of nitrogens with one attached hydrogen (secondary N) is 1. The Morgan fingerprint density at radius 1 is 1.04 bits per heavy atom. The van der Waals surface area contributed by atoms with E-state index in [1.165, 1.54) is 0 Å². The Morgan fingerprint density at radius 2 is 1.62 bits per heavy atom. The normalized spacial score (nSPS) is 13.5. The number of benzene rings is 2. The van der Waals surface area contributed by atoms with Gasteiger partial charge in [-0.3, -0.25) is 0 Å². The van der Waals surface area contributed by atoms with Crippen LogP contribution >= 0.6 is 0 Å². The van der Waals surface area contributed by atoms with Crippen molar-refractivity contribution in [2.45, 2.75) is 17.3 Å². The first-order valence-corrected chi connectivity index (χ1v) is 8.33. The van der Waals surface area contributed by atoms with Gasteiger partial charge in [0, 0.05) is 6.54 Å². The molecule has 2 rings (SSSR count). The molecule has 0 spiro atoms. The third kappa shape index (κ3) is 4.95. The highest BCUT2D eigenvalue weighted by atomic mass is 32.2. The van der Waals surface area contributed by atoms with Crippen LogP contribution in [-0.2, 0) is 10.0 Å². The number of nitrogens with two attached hydrogens (primary N) is 1. The summed E-state index contributed by atoms with van der Waals surface area (Å²) in [5, 5.41) is 0. The van der Waals surface area contributed by atoms with Crippen LogP contribution < -0.4 is 15.2 Å². The largest absolute Gasteiger partial charge is 0.573 e. The van der Waals surface area contributed by atoms with Crippen molar-refractivity contribution >= 4 is 10.0 Å². The quantitative estimate of drug-likeness (QED) is 0.830. The van der Waals surface area contributed by atoms with Crippen LogP contribution in [0.3, 0.4) is 0 Å². The van der Waals surface area contributed by atoms with Gasteiger partial charge in [-0.05, 0) is 29.8 Å². The van der Waals surface area contributed by atoms with Crippen molar-refractivity contribution in [1.82, 2.24) is 4.72 Å². The van der Waals surface area contributed by atoms with Crippen molar-refractivity contribution in [3.05, 3.63) is 60.2 Å². The van der Waals surface area contributed by atoms with Gasteiger partial charge in [-0.2, -0.15) is 0 Å². The topological polar surface area (TPSA) is 81.4 Å². The van der Waals surface area contributed by atoms with E-state index in [0.29, 0.717) is 5.56 Å². The number of halogens is 3. The minimum atomic E-state index is -4.84. The number of hydrogen-bond donors (Lipinski definition) is 2. The molecular formula is C15H15F3N2O3S. The van der Waals surface area contributed by atoms with Crippen molar-refractivity contribution in [3.8, 4) is 5.75 Å². The molecule has 0 radical (unpaired) electrons. The lowest BCUT2D eigenvalue weighted by Crippen LogP contribution is -2.33. The first-order chi connectivity index (χ1) is 11.2. The highest BCUT2D eigenvalue weighted by Gasteiger charge is 2.31. The fourth-order valence-corrected chi connectivity index (χ4v) is 3.25. The molecule has 130 valence electrons. The minimum Gasteiger partial charge on any atom is -0.406 e. The van der Waals surface area contributed by atoms with Crippen LogP contribution in [0.2, 0.25) is 0 Å². The predicted molar refractivity (Wildman–Crippen MR) is 81.7 cm³/mol. The molecule has 2 aromatic carbocycles. The molecule has 0 amide bonds. The third-order valence-corrected chi connectivity index (χ3v) is 4.59. The van der Waals surface area contributed by atoms with Gasteiger partial charge in [0.15, 0.2) is 0 Å².